The van der Waals surface area contributed by atoms with Crippen LogP contribution in [0.5, 0.6) is 0 Å². The molecule has 0 saturated heterocycles. The van der Waals surface area contributed by atoms with Crippen molar-refractivity contribution >= 4 is 0 Å². The third kappa shape index (κ3) is 7.16. The highest BCUT2D eigenvalue weighted by Crippen LogP contribution is 1.93. The Bertz CT molecular complexity index is 95.6. The van der Waals surface area contributed by atoms with E-state index in [1.807, 2.05) is 0 Å². The van der Waals surface area contributed by atoms with Crippen LogP contribution in [0, 0.1) is 10.1 Å². The Morgan fingerprint density at radius 1 is 1.40 bits per heavy atom. The molecule has 0 radical (unpaired) electrons. The van der Waals surface area contributed by atoms with Gasteiger partial charge in [-0.15, -0.1) is 10.1 Å². The van der Waals surface area contributed by atoms with Gasteiger partial charge in [0.25, 0.3) is 5.09 Å². The van der Waals surface area contributed by atoms with E-state index in [1.54, 1.807) is 0 Å². The number of hydrogen-bond donors (Lipinski definition) is 1. The van der Waals surface area contributed by atoms with Gasteiger partial charge in [-0.25, -0.2) is 0 Å². The molecule has 0 saturated carbocycles. The molecule has 0 bridgehead atoms. The van der Waals surface area contributed by atoms with Gasteiger partial charge < -0.3 is 9.94 Å². The molecule has 0 atom stereocenters. The van der Waals surface area contributed by atoms with E-state index in [1.165, 1.54) is 0 Å². The van der Waals surface area contributed by atoms with Crippen molar-refractivity contribution in [2.45, 2.75) is 19.3 Å². The van der Waals surface area contributed by atoms with Gasteiger partial charge in [0.15, 0.2) is 0 Å². The Morgan fingerprint density at radius 3 is 2.60 bits per heavy atom. The molecule has 0 spiro atoms. The van der Waals surface area contributed by atoms with Crippen molar-refractivity contribution in [3.8, 4) is 0 Å². The van der Waals surface area contributed by atoms with E-state index in [0.717, 1.165) is 6.42 Å². The van der Waals surface area contributed by atoms with E-state index in [4.69, 9.17) is 5.11 Å². The fourth-order valence-electron chi connectivity index (χ4n) is 0.530. The maximum Gasteiger partial charge on any atom is 0.294 e. The van der Waals surface area contributed by atoms with E-state index in [9.17, 15) is 10.1 Å². The molecule has 0 aromatic carbocycles. The number of nitrogens with zero attached hydrogens (tertiary/aromatic N) is 1. The normalized spacial score (nSPS) is 9.30. The highest BCUT2D eigenvalue weighted by molar-refractivity contribution is 4.36. The minimum absolute atomic E-state index is 0.132. The first kappa shape index (κ1) is 9.16. The fourth-order valence-corrected chi connectivity index (χ4v) is 0.530. The summed E-state index contributed by atoms with van der Waals surface area (Å²) in [6.07, 6.45) is 2.08. The molecule has 0 heterocycles. The van der Waals surface area contributed by atoms with E-state index >= 15 is 0 Å². The largest absolute Gasteiger partial charge is 0.396 e. The molecule has 0 aliphatic carbocycles. The second-order valence-electron chi connectivity index (χ2n) is 1.84. The zero-order chi connectivity index (χ0) is 7.82. The molecule has 5 heteroatoms. The van der Waals surface area contributed by atoms with Crippen LogP contribution < -0.4 is 0 Å². The number of rotatable bonds is 6. The lowest BCUT2D eigenvalue weighted by molar-refractivity contribution is -0.757. The molecular formula is C5H11NO4. The monoisotopic (exact) mass is 149 g/mol. The summed E-state index contributed by atoms with van der Waals surface area (Å²) in [6.45, 7) is 0.269. The van der Waals surface area contributed by atoms with Crippen LogP contribution >= 0.6 is 0 Å². The smallest absolute Gasteiger partial charge is 0.294 e. The molecule has 60 valence electrons. The molecule has 0 aliphatic rings. The first-order valence-electron chi connectivity index (χ1n) is 3.15. The van der Waals surface area contributed by atoms with Crippen molar-refractivity contribution < 1.29 is 15.0 Å². The summed E-state index contributed by atoms with van der Waals surface area (Å²) < 4.78 is 0. The van der Waals surface area contributed by atoms with Crippen LogP contribution in [0.25, 0.3) is 0 Å². The van der Waals surface area contributed by atoms with Crippen LogP contribution in [0.3, 0.4) is 0 Å². The van der Waals surface area contributed by atoms with Gasteiger partial charge in [0.1, 0.15) is 0 Å². The highest BCUT2D eigenvalue weighted by atomic mass is 16.9. The Kier molecular flexibility index (Phi) is 5.75. The lowest BCUT2D eigenvalue weighted by Crippen LogP contribution is -2.01. The van der Waals surface area contributed by atoms with Crippen molar-refractivity contribution in [3.05, 3.63) is 10.1 Å². The van der Waals surface area contributed by atoms with Crippen LogP contribution in [-0.4, -0.2) is 23.4 Å². The first-order valence-corrected chi connectivity index (χ1v) is 3.15. The van der Waals surface area contributed by atoms with Crippen molar-refractivity contribution in [1.29, 1.82) is 0 Å². The highest BCUT2D eigenvalue weighted by Gasteiger charge is 1.92. The zero-order valence-corrected chi connectivity index (χ0v) is 5.65. The average molecular weight is 149 g/mol. The van der Waals surface area contributed by atoms with E-state index in [0.29, 0.717) is 12.8 Å². The summed E-state index contributed by atoms with van der Waals surface area (Å²) in [6, 6.07) is 0. The summed E-state index contributed by atoms with van der Waals surface area (Å²) in [5.74, 6) is 0. The minimum atomic E-state index is -0.807. The second-order valence-corrected chi connectivity index (χ2v) is 1.84. The number of hydrogen-bond acceptors (Lipinski definition) is 4. The Labute approximate surface area is 58.7 Å². The maximum absolute atomic E-state index is 9.57. The average Bonchev–Trinajstić information content (AvgIpc) is 1.87. The van der Waals surface area contributed by atoms with Crippen LogP contribution in [0.2, 0.25) is 0 Å². The molecule has 1 N–H and O–H groups in total. The quantitative estimate of drug-likeness (QED) is 0.336. The molecule has 0 rings (SSSR count). The van der Waals surface area contributed by atoms with Crippen molar-refractivity contribution in [1.82, 2.24) is 0 Å². The second kappa shape index (κ2) is 6.28. The molecule has 0 unspecified atom stereocenters. The Morgan fingerprint density at radius 2 is 2.10 bits per heavy atom. The van der Waals surface area contributed by atoms with Crippen molar-refractivity contribution in [2.24, 2.45) is 0 Å². The Balaban J connectivity index is 2.84. The third-order valence-corrected chi connectivity index (χ3v) is 0.999. The van der Waals surface area contributed by atoms with Gasteiger partial charge in [0.05, 0.1) is 6.61 Å². The van der Waals surface area contributed by atoms with Crippen LogP contribution in [0.1, 0.15) is 19.3 Å². The third-order valence-electron chi connectivity index (χ3n) is 0.999. The van der Waals surface area contributed by atoms with Gasteiger partial charge in [-0.05, 0) is 19.3 Å². The van der Waals surface area contributed by atoms with E-state index < -0.39 is 5.09 Å². The van der Waals surface area contributed by atoms with E-state index in [2.05, 4.69) is 4.84 Å². The minimum Gasteiger partial charge on any atom is -0.396 e. The van der Waals surface area contributed by atoms with Gasteiger partial charge in [0.2, 0.25) is 0 Å². The van der Waals surface area contributed by atoms with Crippen LogP contribution in [0.15, 0.2) is 0 Å². The van der Waals surface area contributed by atoms with Gasteiger partial charge in [-0.3, -0.25) is 0 Å². The maximum atomic E-state index is 9.57. The summed E-state index contributed by atoms with van der Waals surface area (Å²) in [7, 11) is 0. The Hall–Kier alpha value is -0.840. The zero-order valence-electron chi connectivity index (χ0n) is 5.65. The lowest BCUT2D eigenvalue weighted by atomic mass is 10.2. The van der Waals surface area contributed by atoms with E-state index in [-0.39, 0.29) is 13.2 Å². The fraction of sp³-hybridized carbons (Fsp3) is 1.00. The van der Waals surface area contributed by atoms with Gasteiger partial charge >= 0.3 is 0 Å². The molecule has 10 heavy (non-hydrogen) atoms. The summed E-state index contributed by atoms with van der Waals surface area (Å²) in [4.78, 5) is 13.6. The summed E-state index contributed by atoms with van der Waals surface area (Å²) >= 11 is 0. The topological polar surface area (TPSA) is 72.6 Å². The summed E-state index contributed by atoms with van der Waals surface area (Å²) in [5.41, 5.74) is 0. The molecule has 0 amide bonds. The molecule has 0 aromatic rings. The molecular weight excluding hydrogens is 138 g/mol. The van der Waals surface area contributed by atoms with Crippen molar-refractivity contribution in [3.63, 3.8) is 0 Å². The van der Waals surface area contributed by atoms with Crippen LogP contribution in [0.4, 0.5) is 0 Å². The number of unbranched alkanes of at least 4 members (excludes halogenated alkanes) is 2. The van der Waals surface area contributed by atoms with Crippen LogP contribution in [-0.2, 0) is 4.84 Å². The van der Waals surface area contributed by atoms with Gasteiger partial charge in [0, 0.05) is 6.61 Å². The molecule has 0 aromatic heterocycles. The SMILES string of the molecule is O=[N+]([O-])OCCCCCO. The lowest BCUT2D eigenvalue weighted by Gasteiger charge is -1.96. The number of aliphatic hydroxyl groups is 1. The molecule has 0 aliphatic heterocycles. The predicted octanol–water partition coefficient (Wildman–Crippen LogP) is 0.357. The molecule has 0 fully saturated rings. The first-order chi connectivity index (χ1) is 4.77. The molecule has 5 nitrogen and oxygen atoms in total. The number of aliphatic hydroxyl groups excluding tert-OH is 1. The predicted molar refractivity (Wildman–Crippen MR) is 33.9 cm³/mol. The van der Waals surface area contributed by atoms with Crippen molar-refractivity contribution in [2.75, 3.05) is 13.2 Å². The standard InChI is InChI=1S/C5H11NO4/c7-4-2-1-3-5-10-6(8)9/h7H,1-5H2. The van der Waals surface area contributed by atoms with Gasteiger partial charge in [-0.1, -0.05) is 0 Å². The van der Waals surface area contributed by atoms with Gasteiger partial charge in [-0.2, -0.15) is 0 Å². The summed E-state index contributed by atoms with van der Waals surface area (Å²) in [5, 5.41) is 17.1.